The van der Waals surface area contributed by atoms with Gasteiger partial charge in [-0.2, -0.15) is 0 Å². The fraction of sp³-hybridized carbons (Fsp3) is 0.0526. The molecule has 1 N–H and O–H groups in total. The molecular weight excluding hydrogens is 290 g/mol. The van der Waals surface area contributed by atoms with Crippen molar-refractivity contribution in [2.45, 2.75) is 6.92 Å². The lowest BCUT2D eigenvalue weighted by molar-refractivity contribution is -0.115. The van der Waals surface area contributed by atoms with Gasteiger partial charge in [-0.15, -0.1) is 0 Å². The van der Waals surface area contributed by atoms with Gasteiger partial charge in [0.2, 0.25) is 5.91 Å². The summed E-state index contributed by atoms with van der Waals surface area (Å²) >= 11 is 0. The van der Waals surface area contributed by atoms with Crippen molar-refractivity contribution in [3.8, 4) is 0 Å². The molecule has 0 saturated heterocycles. The molecule has 4 nitrogen and oxygen atoms in total. The number of benzene rings is 3. The zero-order valence-electron chi connectivity index (χ0n) is 12.6. The van der Waals surface area contributed by atoms with E-state index in [2.05, 4.69) is 0 Å². The van der Waals surface area contributed by atoms with Crippen LogP contribution in [0.2, 0.25) is 0 Å². The molecule has 0 aliphatic rings. The average Bonchev–Trinajstić information content (AvgIpc) is 2.55. The number of carboxylic acids is 1. The molecule has 0 heterocycles. The van der Waals surface area contributed by atoms with Gasteiger partial charge >= 0.3 is 5.97 Å². The summed E-state index contributed by atoms with van der Waals surface area (Å²) in [6, 6.07) is 19.9. The van der Waals surface area contributed by atoms with E-state index in [0.29, 0.717) is 11.4 Å². The van der Waals surface area contributed by atoms with Gasteiger partial charge in [-0.1, -0.05) is 42.5 Å². The maximum Gasteiger partial charge on any atom is 0.337 e. The Kier molecular flexibility index (Phi) is 3.81. The van der Waals surface area contributed by atoms with Crippen LogP contribution in [-0.2, 0) is 4.79 Å². The van der Waals surface area contributed by atoms with Crippen molar-refractivity contribution in [1.29, 1.82) is 0 Å². The predicted molar refractivity (Wildman–Crippen MR) is 90.2 cm³/mol. The molecular formula is C19H15NO3. The summed E-state index contributed by atoms with van der Waals surface area (Å²) in [5.41, 5.74) is 1.10. The quantitative estimate of drug-likeness (QED) is 0.788. The SMILES string of the molecule is CC(=O)N(c1ccc2ccccc2c1)c1ccccc1C(=O)O. The van der Waals surface area contributed by atoms with Crippen molar-refractivity contribution in [3.05, 3.63) is 72.3 Å². The van der Waals surface area contributed by atoms with Crippen molar-refractivity contribution in [3.63, 3.8) is 0 Å². The zero-order valence-corrected chi connectivity index (χ0v) is 12.6. The van der Waals surface area contributed by atoms with Crippen LogP contribution in [0, 0.1) is 0 Å². The smallest absolute Gasteiger partial charge is 0.337 e. The van der Waals surface area contributed by atoms with Crippen LogP contribution in [0.25, 0.3) is 10.8 Å². The number of aromatic carboxylic acids is 1. The van der Waals surface area contributed by atoms with E-state index in [1.807, 2.05) is 42.5 Å². The second-order valence-electron chi connectivity index (χ2n) is 5.21. The summed E-state index contributed by atoms with van der Waals surface area (Å²) in [4.78, 5) is 25.1. The number of hydrogen-bond donors (Lipinski definition) is 1. The van der Waals surface area contributed by atoms with Crippen LogP contribution in [0.3, 0.4) is 0 Å². The Morgan fingerprint density at radius 1 is 0.870 bits per heavy atom. The number of rotatable bonds is 3. The summed E-state index contributed by atoms with van der Waals surface area (Å²) in [6.07, 6.45) is 0. The minimum Gasteiger partial charge on any atom is -0.478 e. The van der Waals surface area contributed by atoms with Crippen LogP contribution in [0.4, 0.5) is 11.4 Å². The molecule has 0 unspecified atom stereocenters. The molecule has 0 radical (unpaired) electrons. The van der Waals surface area contributed by atoms with Gasteiger partial charge in [0.15, 0.2) is 0 Å². The van der Waals surface area contributed by atoms with E-state index in [9.17, 15) is 14.7 Å². The number of nitrogens with zero attached hydrogens (tertiary/aromatic N) is 1. The third-order valence-corrected chi connectivity index (χ3v) is 3.68. The Hall–Kier alpha value is -3.14. The van der Waals surface area contributed by atoms with Gasteiger partial charge in [0.25, 0.3) is 0 Å². The first-order valence-corrected chi connectivity index (χ1v) is 7.20. The summed E-state index contributed by atoms with van der Waals surface area (Å²) < 4.78 is 0. The number of hydrogen-bond acceptors (Lipinski definition) is 2. The monoisotopic (exact) mass is 305 g/mol. The minimum atomic E-state index is -1.06. The molecule has 3 rings (SSSR count). The van der Waals surface area contributed by atoms with Crippen molar-refractivity contribution < 1.29 is 14.7 Å². The minimum absolute atomic E-state index is 0.0934. The van der Waals surface area contributed by atoms with E-state index in [0.717, 1.165) is 10.8 Å². The molecule has 1 amide bonds. The number of amides is 1. The largest absolute Gasteiger partial charge is 0.478 e. The predicted octanol–water partition coefficient (Wildman–Crippen LogP) is 4.22. The maximum atomic E-state index is 12.2. The van der Waals surface area contributed by atoms with Crippen LogP contribution in [0.5, 0.6) is 0 Å². The Morgan fingerprint density at radius 2 is 1.52 bits per heavy atom. The van der Waals surface area contributed by atoms with Gasteiger partial charge in [-0.25, -0.2) is 4.79 Å². The first-order chi connectivity index (χ1) is 11.1. The van der Waals surface area contributed by atoms with Crippen molar-refractivity contribution in [2.75, 3.05) is 4.90 Å². The molecule has 114 valence electrons. The molecule has 3 aromatic carbocycles. The number of anilines is 2. The molecule has 0 bridgehead atoms. The summed E-state index contributed by atoms with van der Waals surface area (Å²) in [5.74, 6) is -1.30. The lowest BCUT2D eigenvalue weighted by atomic mass is 10.1. The third kappa shape index (κ3) is 2.79. The molecule has 3 aromatic rings. The fourth-order valence-corrected chi connectivity index (χ4v) is 2.66. The van der Waals surface area contributed by atoms with E-state index in [1.165, 1.54) is 17.9 Å². The van der Waals surface area contributed by atoms with Gasteiger partial charge in [-0.05, 0) is 35.0 Å². The van der Waals surface area contributed by atoms with Gasteiger partial charge in [0, 0.05) is 12.6 Å². The van der Waals surface area contributed by atoms with Crippen molar-refractivity contribution in [2.24, 2.45) is 0 Å². The normalized spacial score (nSPS) is 10.5. The van der Waals surface area contributed by atoms with E-state index >= 15 is 0 Å². The third-order valence-electron chi connectivity index (χ3n) is 3.68. The fourth-order valence-electron chi connectivity index (χ4n) is 2.66. The number of fused-ring (bicyclic) bond motifs is 1. The van der Waals surface area contributed by atoms with E-state index < -0.39 is 5.97 Å². The highest BCUT2D eigenvalue weighted by Gasteiger charge is 2.20. The maximum absolute atomic E-state index is 12.2. The molecule has 0 saturated carbocycles. The molecule has 0 aliphatic heterocycles. The second kappa shape index (κ2) is 5.93. The first kappa shape index (κ1) is 14.8. The molecule has 0 spiro atoms. The number of carbonyl (C=O) groups excluding carboxylic acids is 1. The van der Waals surface area contributed by atoms with Crippen LogP contribution in [-0.4, -0.2) is 17.0 Å². The lowest BCUT2D eigenvalue weighted by Gasteiger charge is -2.23. The Bertz CT molecular complexity index is 902. The van der Waals surface area contributed by atoms with E-state index in [4.69, 9.17) is 0 Å². The topological polar surface area (TPSA) is 57.6 Å². The summed E-state index contributed by atoms with van der Waals surface area (Å²) in [7, 11) is 0. The van der Waals surface area contributed by atoms with Gasteiger partial charge < -0.3 is 5.11 Å². The molecule has 0 fully saturated rings. The molecule has 0 aliphatic carbocycles. The summed E-state index contributed by atoms with van der Waals surface area (Å²) in [6.45, 7) is 1.42. The highest BCUT2D eigenvalue weighted by molar-refractivity contribution is 6.06. The molecule has 23 heavy (non-hydrogen) atoms. The highest BCUT2D eigenvalue weighted by atomic mass is 16.4. The van der Waals surface area contributed by atoms with Crippen LogP contribution in [0.15, 0.2) is 66.7 Å². The van der Waals surface area contributed by atoms with E-state index in [-0.39, 0.29) is 11.5 Å². The standard InChI is InChI=1S/C19H15NO3/c1-13(21)20(18-9-5-4-8-17(18)19(22)23)16-11-10-14-6-2-3-7-15(14)12-16/h2-12H,1H3,(H,22,23). The van der Waals surface area contributed by atoms with Gasteiger partial charge in [0.05, 0.1) is 11.3 Å². The van der Waals surface area contributed by atoms with Crippen LogP contribution in [0.1, 0.15) is 17.3 Å². The first-order valence-electron chi connectivity index (χ1n) is 7.20. The van der Waals surface area contributed by atoms with E-state index in [1.54, 1.807) is 18.2 Å². The highest BCUT2D eigenvalue weighted by Crippen LogP contribution is 2.31. The number of carbonyl (C=O) groups is 2. The lowest BCUT2D eigenvalue weighted by Crippen LogP contribution is -2.24. The summed E-state index contributed by atoms with van der Waals surface area (Å²) in [5, 5.41) is 11.4. The van der Waals surface area contributed by atoms with Crippen LogP contribution >= 0.6 is 0 Å². The van der Waals surface area contributed by atoms with Gasteiger partial charge in [0.1, 0.15) is 0 Å². The average molecular weight is 305 g/mol. The Labute approximate surface area is 133 Å². The molecule has 4 heteroatoms. The molecule has 0 atom stereocenters. The van der Waals surface area contributed by atoms with Crippen LogP contribution < -0.4 is 4.90 Å². The van der Waals surface area contributed by atoms with Gasteiger partial charge in [-0.3, -0.25) is 9.69 Å². The number of carboxylic acid groups (broad SMARTS) is 1. The Balaban J connectivity index is 2.19. The molecule has 0 aromatic heterocycles. The number of para-hydroxylation sites is 1. The second-order valence-corrected chi connectivity index (χ2v) is 5.21. The Morgan fingerprint density at radius 3 is 2.22 bits per heavy atom. The zero-order chi connectivity index (χ0) is 16.4. The van der Waals surface area contributed by atoms with Crippen molar-refractivity contribution in [1.82, 2.24) is 0 Å². The van der Waals surface area contributed by atoms with Crippen molar-refractivity contribution >= 4 is 34.0 Å².